The second-order valence-electron chi connectivity index (χ2n) is 1.43. The maximum atomic E-state index is 8.70. The molecule has 0 unspecified atom stereocenters. The highest BCUT2D eigenvalue weighted by atomic mass is 31.1. The molecule has 14 heavy (non-hydrogen) atoms. The molecular weight excluding hydrogens is 236 g/mol. The molecule has 0 radical (unpaired) electrons. The van der Waals surface area contributed by atoms with Crippen molar-refractivity contribution in [1.29, 1.82) is 0 Å². The van der Waals surface area contributed by atoms with Crippen LogP contribution in [0.3, 0.4) is 0 Å². The van der Waals surface area contributed by atoms with Crippen molar-refractivity contribution in [1.82, 2.24) is 5.48 Å². The van der Waals surface area contributed by atoms with Crippen LogP contribution in [0.5, 0.6) is 0 Å². The molecule has 1 aliphatic rings. The second kappa shape index (κ2) is 12.1. The molecule has 0 aromatic carbocycles. The quantitative estimate of drug-likeness (QED) is 0.370. The summed E-state index contributed by atoms with van der Waals surface area (Å²) in [6.45, 7) is 0. The van der Waals surface area contributed by atoms with Crippen LogP contribution in [0.15, 0.2) is 24.6 Å². The van der Waals surface area contributed by atoms with E-state index in [9.17, 15) is 0 Å². The normalized spacial score (nSPS) is 10.6. The second-order valence-corrected chi connectivity index (χ2v) is 2.44. The number of nitrogens with one attached hydrogen (secondary N) is 1. The molecule has 0 spiro atoms. The van der Waals surface area contributed by atoms with Gasteiger partial charge in [-0.1, -0.05) is 0 Å². The molecule has 0 aromatic heterocycles. The van der Waals surface area contributed by atoms with Crippen LogP contribution >= 0.6 is 16.5 Å². The average Bonchev–Trinajstić information content (AvgIpc) is 2.05. The largest absolute Gasteiger partial charge is 0.692 e. The Labute approximate surface area is 81.0 Å². The first-order valence-corrected chi connectivity index (χ1v) is 5.22. The van der Waals surface area contributed by atoms with E-state index in [0.717, 1.165) is 0 Å². The Morgan fingerprint density at radius 3 is 1.50 bits per heavy atom. The molecule has 0 amide bonds. The molecule has 1 rings (SSSR count). The minimum absolute atomic E-state index is 1.57. The molecular formula is C4H9NO7P2+2. The predicted octanol–water partition coefficient (Wildman–Crippen LogP) is -0.195. The zero-order valence-electron chi connectivity index (χ0n) is 6.72. The van der Waals surface area contributed by atoms with Gasteiger partial charge in [-0.3, -0.25) is 0 Å². The first-order chi connectivity index (χ1) is 6.46. The molecule has 0 saturated carbocycles. The Morgan fingerprint density at radius 2 is 1.43 bits per heavy atom. The fraction of sp³-hybridized carbons (Fsp3) is 0. The van der Waals surface area contributed by atoms with Crippen LogP contribution in [-0.2, 0) is 14.0 Å². The third kappa shape index (κ3) is 43.4. The van der Waals surface area contributed by atoms with Crippen molar-refractivity contribution in [2.24, 2.45) is 0 Å². The number of hydroxylamine groups is 1. The van der Waals surface area contributed by atoms with Gasteiger partial charge in [0.05, 0.1) is 0 Å². The predicted molar refractivity (Wildman–Crippen MR) is 46.6 cm³/mol. The van der Waals surface area contributed by atoms with Gasteiger partial charge in [-0.05, 0) is 12.2 Å². The smallest absolute Gasteiger partial charge is 0.391 e. The van der Waals surface area contributed by atoms with Gasteiger partial charge in [0, 0.05) is 15.3 Å². The Morgan fingerprint density at radius 1 is 1.00 bits per heavy atom. The fourth-order valence-electron chi connectivity index (χ4n) is 0.258. The van der Waals surface area contributed by atoms with Crippen LogP contribution in [0.1, 0.15) is 0 Å². The van der Waals surface area contributed by atoms with Gasteiger partial charge in [0.25, 0.3) is 0 Å². The van der Waals surface area contributed by atoms with E-state index >= 15 is 0 Å². The fourth-order valence-corrected chi connectivity index (χ4v) is 0.258. The summed E-state index contributed by atoms with van der Waals surface area (Å²) in [6.07, 6.45) is 6.93. The van der Waals surface area contributed by atoms with Gasteiger partial charge in [0.15, 0.2) is 0 Å². The van der Waals surface area contributed by atoms with Crippen LogP contribution in [-0.4, -0.2) is 19.6 Å². The highest BCUT2D eigenvalue weighted by molar-refractivity contribution is 7.31. The van der Waals surface area contributed by atoms with Crippen LogP contribution < -0.4 is 5.48 Å². The molecule has 0 bridgehead atoms. The first kappa shape index (κ1) is 15.6. The summed E-state index contributed by atoms with van der Waals surface area (Å²) in [5.41, 5.74) is 2.52. The van der Waals surface area contributed by atoms with E-state index in [-0.39, 0.29) is 0 Å². The molecule has 0 saturated heterocycles. The third-order valence-electron chi connectivity index (χ3n) is 0.490. The standard InChI is InChI=1S/C4H5NO.2HO3P/c1-2-4-6-5-3-1;2*1-4(2)3/h1-5H;2*(H-,1,2,3)/p+2. The zero-order valence-corrected chi connectivity index (χ0v) is 8.51. The zero-order chi connectivity index (χ0) is 11.4. The van der Waals surface area contributed by atoms with Gasteiger partial charge in [-0.15, -0.1) is 19.6 Å². The van der Waals surface area contributed by atoms with E-state index in [0.29, 0.717) is 0 Å². The van der Waals surface area contributed by atoms with Crippen molar-refractivity contribution in [3.05, 3.63) is 24.6 Å². The van der Waals surface area contributed by atoms with E-state index < -0.39 is 16.5 Å². The molecule has 0 fully saturated rings. The lowest BCUT2D eigenvalue weighted by Crippen LogP contribution is -2.01. The van der Waals surface area contributed by atoms with Crippen molar-refractivity contribution >= 4 is 16.5 Å². The van der Waals surface area contributed by atoms with E-state index in [1.807, 2.05) is 6.08 Å². The number of hydrogen-bond donors (Lipinski definition) is 5. The molecule has 10 heteroatoms. The van der Waals surface area contributed by atoms with E-state index in [2.05, 4.69) is 10.3 Å². The molecule has 8 nitrogen and oxygen atoms in total. The van der Waals surface area contributed by atoms with E-state index in [4.69, 9.17) is 28.7 Å². The van der Waals surface area contributed by atoms with Crippen LogP contribution in [0.4, 0.5) is 0 Å². The third-order valence-corrected chi connectivity index (χ3v) is 0.490. The van der Waals surface area contributed by atoms with Crippen LogP contribution in [0.2, 0.25) is 0 Å². The Kier molecular flexibility index (Phi) is 13.5. The maximum absolute atomic E-state index is 8.70. The summed E-state index contributed by atoms with van der Waals surface area (Å²) in [7, 11) is -5.74. The van der Waals surface area contributed by atoms with Crippen LogP contribution in [0, 0.1) is 0 Å². The highest BCUT2D eigenvalue weighted by Gasteiger charge is 1.93. The minimum Gasteiger partial charge on any atom is -0.391 e. The van der Waals surface area contributed by atoms with Crippen molar-refractivity contribution in [2.45, 2.75) is 0 Å². The summed E-state index contributed by atoms with van der Waals surface area (Å²) in [4.78, 5) is 33.0. The number of allylic oxidation sites excluding steroid dienone is 2. The van der Waals surface area contributed by atoms with Gasteiger partial charge >= 0.3 is 16.5 Å². The summed E-state index contributed by atoms with van der Waals surface area (Å²) in [6, 6.07) is 0. The highest BCUT2D eigenvalue weighted by Crippen LogP contribution is 1.98. The topological polar surface area (TPSA) is 136 Å². The summed E-state index contributed by atoms with van der Waals surface area (Å²) in [5, 5.41) is 0. The van der Waals surface area contributed by atoms with E-state index in [1.54, 1.807) is 18.5 Å². The van der Waals surface area contributed by atoms with Crippen molar-refractivity contribution in [3.8, 4) is 0 Å². The Balaban J connectivity index is 0. The first-order valence-electron chi connectivity index (χ1n) is 2.89. The average molecular weight is 245 g/mol. The summed E-state index contributed by atoms with van der Waals surface area (Å²) >= 11 is 0. The lowest BCUT2D eigenvalue weighted by Gasteiger charge is -1.97. The molecule has 1 heterocycles. The maximum Gasteiger partial charge on any atom is 0.692 e. The molecule has 0 aromatic rings. The van der Waals surface area contributed by atoms with Crippen LogP contribution in [0.25, 0.3) is 0 Å². The number of rotatable bonds is 0. The lowest BCUT2D eigenvalue weighted by atomic mass is 10.6. The van der Waals surface area contributed by atoms with Gasteiger partial charge in [0.1, 0.15) is 6.26 Å². The van der Waals surface area contributed by atoms with E-state index in [1.165, 1.54) is 0 Å². The molecule has 5 N–H and O–H groups in total. The number of hydrogen-bond acceptors (Lipinski definition) is 4. The summed E-state index contributed by atoms with van der Waals surface area (Å²) < 4.78 is 17.4. The van der Waals surface area contributed by atoms with Gasteiger partial charge in [-0.2, -0.15) is 0 Å². The molecule has 1 aliphatic heterocycles. The lowest BCUT2D eigenvalue weighted by molar-refractivity contribution is 0.172. The van der Waals surface area contributed by atoms with Gasteiger partial charge < -0.3 is 4.84 Å². The SMILES string of the molecule is C1=CNOC=C1.O=[P+](O)O.O=[P+](O)O. The van der Waals surface area contributed by atoms with Crippen molar-refractivity contribution < 1.29 is 33.5 Å². The molecule has 0 aliphatic carbocycles. The van der Waals surface area contributed by atoms with Crippen molar-refractivity contribution in [3.63, 3.8) is 0 Å². The Bertz CT molecular complexity index is 196. The monoisotopic (exact) mass is 245 g/mol. The Hall–Kier alpha value is -0.880. The molecule has 80 valence electrons. The molecule has 0 atom stereocenters. The van der Waals surface area contributed by atoms with Gasteiger partial charge in [0.2, 0.25) is 0 Å². The summed E-state index contributed by atoms with van der Waals surface area (Å²) in [5.74, 6) is 0. The van der Waals surface area contributed by atoms with Crippen molar-refractivity contribution in [2.75, 3.05) is 0 Å². The minimum atomic E-state index is -2.87. The van der Waals surface area contributed by atoms with Gasteiger partial charge in [-0.25, -0.2) is 5.48 Å².